The van der Waals surface area contributed by atoms with Crippen molar-refractivity contribution in [2.45, 2.75) is 19.8 Å². The number of hydrogen-bond acceptors (Lipinski definition) is 6. The molecule has 0 saturated heterocycles. The zero-order valence-corrected chi connectivity index (χ0v) is 19.6. The second-order valence-corrected chi connectivity index (χ2v) is 12.9. The molecule has 7 heteroatoms. The summed E-state index contributed by atoms with van der Waals surface area (Å²) >= 11 is 0. The van der Waals surface area contributed by atoms with Crippen molar-refractivity contribution in [2.75, 3.05) is 0 Å². The Hall–Kier alpha value is -1.24. The van der Waals surface area contributed by atoms with E-state index >= 15 is 0 Å². The monoisotopic (exact) mass is 473 g/mol. The molecule has 1 aliphatic heterocycles. The average Bonchev–Trinajstić information content (AvgIpc) is 3.37. The molecule has 4 rings (SSSR count). The largest absolute Gasteiger partial charge is 0.458 e. The quantitative estimate of drug-likeness (QED) is 0.217. The van der Waals surface area contributed by atoms with Crippen molar-refractivity contribution in [3.63, 3.8) is 0 Å². The van der Waals surface area contributed by atoms with Crippen LogP contribution in [0.3, 0.4) is 0 Å². The molecule has 0 saturated carbocycles. The fourth-order valence-corrected chi connectivity index (χ4v) is 10.8. The number of rotatable bonds is 10. The van der Waals surface area contributed by atoms with E-state index in [-0.39, 0.29) is 0 Å². The standard InChI is InChI=1S/C23H22O3PS3/c1-4-10-20(11-5-1)16-24-27(23-19-28-30-29-23,25-17-21-12-6-2-7-13-21)26-18-22-14-8-3-9-15-22/h1-15,19H,16-18H2/q+1. The molecule has 1 heterocycles. The zero-order valence-electron chi connectivity index (χ0n) is 16.3. The van der Waals surface area contributed by atoms with Crippen LogP contribution in [0.1, 0.15) is 16.7 Å². The maximum Gasteiger partial charge on any atom is 0.458 e. The van der Waals surface area contributed by atoms with Gasteiger partial charge in [-0.2, -0.15) is 13.6 Å². The summed E-state index contributed by atoms with van der Waals surface area (Å²) in [4.78, 5) is 0. The highest BCUT2D eigenvalue weighted by Gasteiger charge is 2.53. The van der Waals surface area contributed by atoms with Crippen LogP contribution in [-0.4, -0.2) is 0 Å². The summed E-state index contributed by atoms with van der Waals surface area (Å²) in [5.41, 5.74) is 3.28. The Labute approximate surface area is 190 Å². The van der Waals surface area contributed by atoms with Crippen LogP contribution >= 0.6 is 39.4 Å². The molecule has 0 bridgehead atoms. The van der Waals surface area contributed by atoms with Crippen LogP contribution in [0.15, 0.2) is 101 Å². The normalized spacial score (nSPS) is 13.9. The van der Waals surface area contributed by atoms with Crippen molar-refractivity contribution in [2.24, 2.45) is 0 Å². The van der Waals surface area contributed by atoms with E-state index in [0.29, 0.717) is 19.8 Å². The summed E-state index contributed by atoms with van der Waals surface area (Å²) in [6, 6.07) is 30.5. The summed E-state index contributed by atoms with van der Waals surface area (Å²) in [5.74, 6) is 0. The van der Waals surface area contributed by atoms with Crippen molar-refractivity contribution >= 4 is 39.4 Å². The maximum atomic E-state index is 6.49. The van der Waals surface area contributed by atoms with Gasteiger partial charge in [0, 0.05) is 16.2 Å². The van der Waals surface area contributed by atoms with Gasteiger partial charge in [0.15, 0.2) is 0 Å². The summed E-state index contributed by atoms with van der Waals surface area (Å²) in [5, 5.41) is 2.10. The van der Waals surface area contributed by atoms with Gasteiger partial charge in [0.1, 0.15) is 19.8 Å². The lowest BCUT2D eigenvalue weighted by Crippen LogP contribution is -2.09. The van der Waals surface area contributed by atoms with Gasteiger partial charge in [-0.25, -0.2) is 0 Å². The van der Waals surface area contributed by atoms with Crippen molar-refractivity contribution in [3.05, 3.63) is 118 Å². The first kappa shape index (κ1) is 22.0. The van der Waals surface area contributed by atoms with Crippen LogP contribution in [-0.2, 0) is 33.4 Å². The highest BCUT2D eigenvalue weighted by molar-refractivity contribution is 9.12. The Bertz CT molecular complexity index is 834. The molecule has 30 heavy (non-hydrogen) atoms. The fraction of sp³-hybridized carbons (Fsp3) is 0.130. The number of benzene rings is 3. The van der Waals surface area contributed by atoms with Crippen LogP contribution in [0, 0.1) is 0 Å². The zero-order chi connectivity index (χ0) is 20.5. The molecule has 0 N–H and O–H groups in total. The van der Waals surface area contributed by atoms with E-state index in [1.165, 1.54) is 0 Å². The Morgan fingerprint density at radius 3 is 1.30 bits per heavy atom. The van der Waals surface area contributed by atoms with Crippen LogP contribution in [0.2, 0.25) is 0 Å². The third-order valence-corrected chi connectivity index (χ3v) is 11.4. The van der Waals surface area contributed by atoms with Crippen molar-refractivity contribution in [3.8, 4) is 0 Å². The molecule has 1 aliphatic rings. The molecule has 154 valence electrons. The van der Waals surface area contributed by atoms with Gasteiger partial charge in [0.25, 0.3) is 0 Å². The predicted molar refractivity (Wildman–Crippen MR) is 131 cm³/mol. The van der Waals surface area contributed by atoms with Crippen molar-refractivity contribution in [1.82, 2.24) is 0 Å². The molecule has 0 unspecified atom stereocenters. The molecule has 0 atom stereocenters. The summed E-state index contributed by atoms with van der Waals surface area (Å²) < 4.78 is 20.5. The lowest BCUT2D eigenvalue weighted by molar-refractivity contribution is 0.128. The van der Waals surface area contributed by atoms with Gasteiger partial charge in [-0.3, -0.25) is 0 Å². The highest BCUT2D eigenvalue weighted by Crippen LogP contribution is 2.77. The topological polar surface area (TPSA) is 27.7 Å². The minimum absolute atomic E-state index is 0.436. The van der Waals surface area contributed by atoms with E-state index in [2.05, 4.69) is 41.8 Å². The van der Waals surface area contributed by atoms with E-state index in [9.17, 15) is 0 Å². The van der Waals surface area contributed by atoms with Gasteiger partial charge in [-0.15, -0.1) is 0 Å². The third-order valence-electron chi connectivity index (χ3n) is 4.31. The molecule has 0 amide bonds. The summed E-state index contributed by atoms with van der Waals surface area (Å²) in [6.07, 6.45) is 0. The molecular formula is C23H22O3PS3+. The molecule has 3 nitrogen and oxygen atoms in total. The van der Waals surface area contributed by atoms with Gasteiger partial charge in [-0.1, -0.05) is 91.0 Å². The van der Waals surface area contributed by atoms with Gasteiger partial charge in [0.05, 0.1) is 0 Å². The lowest BCUT2D eigenvalue weighted by Gasteiger charge is -2.22. The Kier molecular flexibility index (Phi) is 8.35. The Morgan fingerprint density at radius 1 is 0.567 bits per heavy atom. The van der Waals surface area contributed by atoms with Crippen LogP contribution < -0.4 is 0 Å². The minimum atomic E-state index is -2.76. The van der Waals surface area contributed by atoms with E-state index in [1.807, 2.05) is 54.6 Å². The molecule has 0 aromatic heterocycles. The minimum Gasteiger partial charge on any atom is -0.168 e. The van der Waals surface area contributed by atoms with E-state index in [1.54, 1.807) is 31.4 Å². The molecule has 0 spiro atoms. The molecule has 0 radical (unpaired) electrons. The van der Waals surface area contributed by atoms with E-state index in [4.69, 9.17) is 13.6 Å². The van der Waals surface area contributed by atoms with Gasteiger partial charge in [0.2, 0.25) is 4.65 Å². The second kappa shape index (κ2) is 11.4. The van der Waals surface area contributed by atoms with E-state index in [0.717, 1.165) is 21.3 Å². The molecule has 3 aromatic rings. The lowest BCUT2D eigenvalue weighted by atomic mass is 10.2. The van der Waals surface area contributed by atoms with Gasteiger partial charge in [-0.05, 0) is 37.3 Å². The van der Waals surface area contributed by atoms with Crippen LogP contribution in [0.5, 0.6) is 0 Å². The Balaban J connectivity index is 1.58. The first-order chi connectivity index (χ1) is 14.8. The number of hydrogen-bond donors (Lipinski definition) is 0. The summed E-state index contributed by atoms with van der Waals surface area (Å²) in [6.45, 7) is 1.31. The van der Waals surface area contributed by atoms with Crippen molar-refractivity contribution in [1.29, 1.82) is 0 Å². The first-order valence-corrected chi connectivity index (χ1v) is 14.6. The highest BCUT2D eigenvalue weighted by atomic mass is 33.5. The molecule has 0 fully saturated rings. The summed E-state index contributed by atoms with van der Waals surface area (Å²) in [7, 11) is 2.29. The van der Waals surface area contributed by atoms with Gasteiger partial charge >= 0.3 is 7.94 Å². The maximum absolute atomic E-state index is 6.49. The molecular weight excluding hydrogens is 451 g/mol. The smallest absolute Gasteiger partial charge is 0.168 e. The molecule has 3 aromatic carbocycles. The second-order valence-electron chi connectivity index (χ2n) is 6.48. The van der Waals surface area contributed by atoms with Gasteiger partial charge < -0.3 is 0 Å². The fourth-order valence-electron chi connectivity index (χ4n) is 2.75. The van der Waals surface area contributed by atoms with E-state index < -0.39 is 7.94 Å². The van der Waals surface area contributed by atoms with Crippen LogP contribution in [0.25, 0.3) is 0 Å². The van der Waals surface area contributed by atoms with Crippen LogP contribution in [0.4, 0.5) is 0 Å². The predicted octanol–water partition coefficient (Wildman–Crippen LogP) is 8.24. The Morgan fingerprint density at radius 2 is 0.967 bits per heavy atom. The SMILES string of the molecule is C1=C([P+](OCc2ccccc2)(OCc2ccccc2)OCc2ccccc2)SSS1. The molecule has 0 aliphatic carbocycles. The average molecular weight is 474 g/mol. The third kappa shape index (κ3) is 6.14. The first-order valence-electron chi connectivity index (χ1n) is 9.49. The van der Waals surface area contributed by atoms with Crippen molar-refractivity contribution < 1.29 is 13.6 Å².